The number of nitrogens with one attached hydrogen (secondary N) is 2. The summed E-state index contributed by atoms with van der Waals surface area (Å²) in [5.41, 5.74) is 1.15. The Kier molecular flexibility index (Phi) is 6.68. The highest BCUT2D eigenvalue weighted by molar-refractivity contribution is 9.10. The van der Waals surface area contributed by atoms with Crippen LogP contribution in [0.25, 0.3) is 0 Å². The number of carbonyl (C=O) groups is 1. The minimum Gasteiger partial charge on any atom is -0.481 e. The minimum atomic E-state index is -0.505. The number of benzene rings is 1. The van der Waals surface area contributed by atoms with Gasteiger partial charge in [0.2, 0.25) is 0 Å². The molecule has 0 heterocycles. The maximum Gasteiger partial charge on any atom is 0.260 e. The number of halogens is 1. The van der Waals surface area contributed by atoms with E-state index in [1.54, 1.807) is 6.92 Å². The largest absolute Gasteiger partial charge is 0.481 e. The van der Waals surface area contributed by atoms with Crippen LogP contribution in [0.4, 0.5) is 0 Å². The van der Waals surface area contributed by atoms with Crippen molar-refractivity contribution >= 4 is 21.8 Å². The van der Waals surface area contributed by atoms with Crippen molar-refractivity contribution in [1.29, 1.82) is 0 Å². The molecule has 1 unspecified atom stereocenters. The predicted octanol–water partition coefficient (Wildman–Crippen LogP) is 3.24. The van der Waals surface area contributed by atoms with Crippen molar-refractivity contribution in [3.8, 4) is 5.75 Å². The third-order valence-corrected chi connectivity index (χ3v) is 3.63. The molecular formula is C16H25BrN2O2. The van der Waals surface area contributed by atoms with Gasteiger partial charge in [-0.15, -0.1) is 0 Å². The molecule has 4 nitrogen and oxygen atoms in total. The van der Waals surface area contributed by atoms with Crippen molar-refractivity contribution in [2.45, 2.75) is 52.8 Å². The SMILES string of the molecule is CCNC(=O)C(C)Oc1ccc(Br)c(CNC(C)(C)C)c1. The van der Waals surface area contributed by atoms with Crippen LogP contribution in [0.2, 0.25) is 0 Å². The average Bonchev–Trinajstić information content (AvgIpc) is 2.38. The Balaban J connectivity index is 2.74. The molecule has 0 aromatic heterocycles. The van der Waals surface area contributed by atoms with Gasteiger partial charge in [0.15, 0.2) is 6.10 Å². The van der Waals surface area contributed by atoms with E-state index in [1.807, 2.05) is 25.1 Å². The summed E-state index contributed by atoms with van der Waals surface area (Å²) < 4.78 is 6.72. The molecule has 1 atom stereocenters. The number of likely N-dealkylation sites (N-methyl/N-ethyl adjacent to an activating group) is 1. The van der Waals surface area contributed by atoms with E-state index in [4.69, 9.17) is 4.74 Å². The van der Waals surface area contributed by atoms with Gasteiger partial charge in [0.1, 0.15) is 5.75 Å². The maximum absolute atomic E-state index is 11.7. The van der Waals surface area contributed by atoms with Gasteiger partial charge in [-0.25, -0.2) is 0 Å². The molecular weight excluding hydrogens is 332 g/mol. The van der Waals surface area contributed by atoms with Gasteiger partial charge in [-0.3, -0.25) is 4.79 Å². The third-order valence-electron chi connectivity index (χ3n) is 2.86. The summed E-state index contributed by atoms with van der Waals surface area (Å²) in [5, 5.41) is 6.19. The van der Waals surface area contributed by atoms with Gasteiger partial charge in [0.25, 0.3) is 5.91 Å². The monoisotopic (exact) mass is 356 g/mol. The minimum absolute atomic E-state index is 0.0462. The second kappa shape index (κ2) is 7.80. The van der Waals surface area contributed by atoms with Crippen LogP contribution < -0.4 is 15.4 Å². The first-order chi connectivity index (χ1) is 9.73. The summed E-state index contributed by atoms with van der Waals surface area (Å²) in [6, 6.07) is 5.76. The molecule has 1 amide bonds. The molecule has 5 heteroatoms. The first kappa shape index (κ1) is 18.0. The summed E-state index contributed by atoms with van der Waals surface area (Å²) in [4.78, 5) is 11.7. The lowest BCUT2D eigenvalue weighted by molar-refractivity contribution is -0.127. The molecule has 0 fully saturated rings. The lowest BCUT2D eigenvalue weighted by Gasteiger charge is -2.21. The zero-order valence-electron chi connectivity index (χ0n) is 13.4. The maximum atomic E-state index is 11.7. The van der Waals surface area contributed by atoms with Gasteiger partial charge in [-0.2, -0.15) is 0 Å². The van der Waals surface area contributed by atoms with Crippen LogP contribution in [-0.2, 0) is 11.3 Å². The molecule has 21 heavy (non-hydrogen) atoms. The van der Waals surface area contributed by atoms with Gasteiger partial charge in [-0.05, 0) is 58.4 Å². The zero-order chi connectivity index (χ0) is 16.0. The standard InChI is InChI=1S/C16H25BrN2O2/c1-6-18-15(20)11(2)21-13-7-8-14(17)12(9-13)10-19-16(3,4)5/h7-9,11,19H,6,10H2,1-5H3,(H,18,20). The van der Waals surface area contributed by atoms with E-state index in [0.29, 0.717) is 12.3 Å². The summed E-state index contributed by atoms with van der Waals surface area (Å²) in [6.07, 6.45) is -0.505. The highest BCUT2D eigenvalue weighted by Gasteiger charge is 2.15. The van der Waals surface area contributed by atoms with Crippen molar-refractivity contribution in [2.24, 2.45) is 0 Å². The number of rotatable bonds is 6. The van der Waals surface area contributed by atoms with Crippen LogP contribution in [0.1, 0.15) is 40.2 Å². The molecule has 1 aromatic rings. The van der Waals surface area contributed by atoms with Crippen molar-refractivity contribution < 1.29 is 9.53 Å². The molecule has 0 aliphatic rings. The highest BCUT2D eigenvalue weighted by Crippen LogP contribution is 2.24. The summed E-state index contributed by atoms with van der Waals surface area (Å²) in [5.74, 6) is 0.595. The van der Waals surface area contributed by atoms with E-state index in [2.05, 4.69) is 47.3 Å². The Morgan fingerprint density at radius 3 is 2.62 bits per heavy atom. The van der Waals surface area contributed by atoms with E-state index in [0.717, 1.165) is 16.6 Å². The fraction of sp³-hybridized carbons (Fsp3) is 0.562. The predicted molar refractivity (Wildman–Crippen MR) is 89.5 cm³/mol. The number of amides is 1. The second-order valence-electron chi connectivity index (χ2n) is 6.01. The van der Waals surface area contributed by atoms with E-state index >= 15 is 0 Å². The van der Waals surface area contributed by atoms with Gasteiger partial charge < -0.3 is 15.4 Å². The van der Waals surface area contributed by atoms with Crippen molar-refractivity contribution in [1.82, 2.24) is 10.6 Å². The van der Waals surface area contributed by atoms with E-state index in [9.17, 15) is 4.79 Å². The molecule has 2 N–H and O–H groups in total. The Morgan fingerprint density at radius 2 is 2.05 bits per heavy atom. The molecule has 1 rings (SSSR count). The van der Waals surface area contributed by atoms with E-state index in [1.165, 1.54) is 0 Å². The normalized spacial score (nSPS) is 12.9. The fourth-order valence-electron chi connectivity index (χ4n) is 1.70. The summed E-state index contributed by atoms with van der Waals surface area (Å²) in [7, 11) is 0. The average molecular weight is 357 g/mol. The van der Waals surface area contributed by atoms with Gasteiger partial charge in [0.05, 0.1) is 0 Å². The van der Waals surface area contributed by atoms with Gasteiger partial charge in [-0.1, -0.05) is 15.9 Å². The molecule has 0 aliphatic carbocycles. The quantitative estimate of drug-likeness (QED) is 0.822. The van der Waals surface area contributed by atoms with Crippen LogP contribution >= 0.6 is 15.9 Å². The van der Waals surface area contributed by atoms with Crippen LogP contribution in [0.15, 0.2) is 22.7 Å². The molecule has 0 spiro atoms. The van der Waals surface area contributed by atoms with Crippen LogP contribution in [-0.4, -0.2) is 24.1 Å². The highest BCUT2D eigenvalue weighted by atomic mass is 79.9. The Morgan fingerprint density at radius 1 is 1.38 bits per heavy atom. The smallest absolute Gasteiger partial charge is 0.260 e. The summed E-state index contributed by atoms with van der Waals surface area (Å²) >= 11 is 3.54. The zero-order valence-corrected chi connectivity index (χ0v) is 15.0. The van der Waals surface area contributed by atoms with Crippen LogP contribution in [0, 0.1) is 0 Å². The van der Waals surface area contributed by atoms with Gasteiger partial charge in [0, 0.05) is 23.1 Å². The topological polar surface area (TPSA) is 50.4 Å². The molecule has 0 radical (unpaired) electrons. The molecule has 0 saturated heterocycles. The van der Waals surface area contributed by atoms with Crippen molar-refractivity contribution in [2.75, 3.05) is 6.54 Å². The summed E-state index contributed by atoms with van der Waals surface area (Å²) in [6.45, 7) is 11.3. The molecule has 1 aromatic carbocycles. The lowest BCUT2D eigenvalue weighted by atomic mass is 10.1. The Hall–Kier alpha value is -1.07. The van der Waals surface area contributed by atoms with Crippen LogP contribution in [0.5, 0.6) is 5.75 Å². The number of hydrogen-bond donors (Lipinski definition) is 2. The Bertz CT molecular complexity index is 484. The first-order valence-electron chi connectivity index (χ1n) is 7.20. The van der Waals surface area contributed by atoms with Gasteiger partial charge >= 0.3 is 0 Å². The van der Waals surface area contributed by atoms with E-state index in [-0.39, 0.29) is 11.4 Å². The second-order valence-corrected chi connectivity index (χ2v) is 6.87. The fourth-order valence-corrected chi connectivity index (χ4v) is 2.08. The van der Waals surface area contributed by atoms with Crippen molar-refractivity contribution in [3.05, 3.63) is 28.2 Å². The molecule has 0 saturated carbocycles. The van der Waals surface area contributed by atoms with Crippen molar-refractivity contribution in [3.63, 3.8) is 0 Å². The van der Waals surface area contributed by atoms with E-state index < -0.39 is 6.10 Å². The number of carbonyl (C=O) groups excluding carboxylic acids is 1. The molecule has 0 aliphatic heterocycles. The first-order valence-corrected chi connectivity index (χ1v) is 8.00. The lowest BCUT2D eigenvalue weighted by Crippen LogP contribution is -2.36. The Labute approximate surface area is 135 Å². The molecule has 118 valence electrons. The van der Waals surface area contributed by atoms with Crippen LogP contribution in [0.3, 0.4) is 0 Å². The third kappa shape index (κ3) is 6.48. The number of hydrogen-bond acceptors (Lipinski definition) is 3. The number of ether oxygens (including phenoxy) is 1. The molecule has 0 bridgehead atoms.